The lowest BCUT2D eigenvalue weighted by atomic mass is 10.1. The molecule has 0 bridgehead atoms. The first-order chi connectivity index (χ1) is 13.4. The molecule has 6 heteroatoms. The third-order valence-corrected chi connectivity index (χ3v) is 4.85. The van der Waals surface area contributed by atoms with Gasteiger partial charge in [-0.3, -0.25) is 0 Å². The Labute approximate surface area is 174 Å². The van der Waals surface area contributed by atoms with E-state index >= 15 is 0 Å². The highest BCUT2D eigenvalue weighted by Crippen LogP contribution is 2.22. The number of thiocarbonyl (C=S) groups is 1. The molecule has 2 rings (SSSR count). The molecule has 0 aromatic heterocycles. The van der Waals surface area contributed by atoms with Crippen LogP contribution in [0.1, 0.15) is 12.0 Å². The van der Waals surface area contributed by atoms with E-state index in [9.17, 15) is 0 Å². The minimum atomic E-state index is 0.708. The highest BCUT2D eigenvalue weighted by atomic mass is 32.1. The predicted octanol–water partition coefficient (Wildman–Crippen LogP) is 3.59. The molecule has 0 saturated carbocycles. The summed E-state index contributed by atoms with van der Waals surface area (Å²) in [7, 11) is 9.94. The highest BCUT2D eigenvalue weighted by molar-refractivity contribution is 7.80. The van der Waals surface area contributed by atoms with Gasteiger partial charge in [0, 0.05) is 32.0 Å². The Hall–Kier alpha value is -2.31. The highest BCUT2D eigenvalue weighted by Gasteiger charge is 2.13. The summed E-state index contributed by atoms with van der Waals surface area (Å²) in [6, 6.07) is 16.6. The first-order valence-corrected chi connectivity index (χ1v) is 9.92. The van der Waals surface area contributed by atoms with Crippen molar-refractivity contribution in [1.29, 1.82) is 0 Å². The molecule has 0 heterocycles. The van der Waals surface area contributed by atoms with Crippen LogP contribution < -0.4 is 19.9 Å². The van der Waals surface area contributed by atoms with Gasteiger partial charge in [0.25, 0.3) is 0 Å². The van der Waals surface area contributed by atoms with E-state index in [1.165, 1.54) is 11.3 Å². The van der Waals surface area contributed by atoms with Gasteiger partial charge in [-0.25, -0.2) is 0 Å². The third kappa shape index (κ3) is 6.69. The van der Waals surface area contributed by atoms with Gasteiger partial charge in [-0.15, -0.1) is 0 Å². The standard InChI is InChI=1S/C22H32N4OS/c1-24(2)16-6-15-23-22(28)26(20-11-13-21(27-5)14-12-20)17-18-7-9-19(10-8-18)25(3)4/h7-14H,6,15-17H2,1-5H3,(H,23,28). The fourth-order valence-electron chi connectivity index (χ4n) is 2.81. The molecule has 0 atom stereocenters. The van der Waals surface area contributed by atoms with Crippen molar-refractivity contribution in [1.82, 2.24) is 10.2 Å². The second-order valence-corrected chi connectivity index (χ2v) is 7.62. The third-order valence-electron chi connectivity index (χ3n) is 4.48. The van der Waals surface area contributed by atoms with Gasteiger partial charge in [-0.05, 0) is 81.2 Å². The normalized spacial score (nSPS) is 10.6. The number of hydrogen-bond acceptors (Lipinski definition) is 4. The van der Waals surface area contributed by atoms with Crippen LogP contribution in [0.15, 0.2) is 48.5 Å². The second-order valence-electron chi connectivity index (χ2n) is 7.23. The summed E-state index contributed by atoms with van der Waals surface area (Å²) in [6.45, 7) is 2.59. The van der Waals surface area contributed by atoms with Gasteiger partial charge >= 0.3 is 0 Å². The zero-order valence-electron chi connectivity index (χ0n) is 17.6. The molecule has 0 fully saturated rings. The Balaban J connectivity index is 2.13. The van der Waals surface area contributed by atoms with Crippen molar-refractivity contribution in [2.45, 2.75) is 13.0 Å². The molecule has 2 aromatic carbocycles. The average molecular weight is 401 g/mol. The molecule has 2 aromatic rings. The van der Waals surface area contributed by atoms with Gasteiger partial charge in [-0.2, -0.15) is 0 Å². The van der Waals surface area contributed by atoms with Crippen molar-refractivity contribution in [3.63, 3.8) is 0 Å². The zero-order valence-corrected chi connectivity index (χ0v) is 18.4. The second kappa shape index (κ2) is 10.9. The Kier molecular flexibility index (Phi) is 8.54. The van der Waals surface area contributed by atoms with Crippen LogP contribution in [0.25, 0.3) is 0 Å². The lowest BCUT2D eigenvalue weighted by Gasteiger charge is -2.27. The van der Waals surface area contributed by atoms with Crippen LogP contribution in [0.5, 0.6) is 5.75 Å². The van der Waals surface area contributed by atoms with E-state index in [1.54, 1.807) is 7.11 Å². The Bertz CT molecular complexity index is 729. The number of ether oxygens (including phenoxy) is 1. The number of nitrogens with one attached hydrogen (secondary N) is 1. The summed E-state index contributed by atoms with van der Waals surface area (Å²) in [5.74, 6) is 0.837. The summed E-state index contributed by atoms with van der Waals surface area (Å²) < 4.78 is 5.29. The van der Waals surface area contributed by atoms with Gasteiger partial charge < -0.3 is 24.8 Å². The van der Waals surface area contributed by atoms with Crippen molar-refractivity contribution < 1.29 is 4.74 Å². The number of rotatable bonds is 9. The van der Waals surface area contributed by atoms with E-state index in [4.69, 9.17) is 17.0 Å². The van der Waals surface area contributed by atoms with Crippen LogP contribution in [0.2, 0.25) is 0 Å². The molecule has 0 aliphatic carbocycles. The smallest absolute Gasteiger partial charge is 0.173 e. The fourth-order valence-corrected chi connectivity index (χ4v) is 3.08. The van der Waals surface area contributed by atoms with Crippen molar-refractivity contribution >= 4 is 28.7 Å². The number of hydrogen-bond donors (Lipinski definition) is 1. The molecule has 28 heavy (non-hydrogen) atoms. The minimum absolute atomic E-state index is 0.708. The topological polar surface area (TPSA) is 31.0 Å². The summed E-state index contributed by atoms with van der Waals surface area (Å²) in [4.78, 5) is 6.41. The van der Waals surface area contributed by atoms with Crippen LogP contribution in [0.3, 0.4) is 0 Å². The van der Waals surface area contributed by atoms with Crippen LogP contribution in [0, 0.1) is 0 Å². The predicted molar refractivity (Wildman–Crippen MR) is 124 cm³/mol. The van der Waals surface area contributed by atoms with Crippen LogP contribution >= 0.6 is 12.2 Å². The molecule has 5 nitrogen and oxygen atoms in total. The summed E-state index contributed by atoms with van der Waals surface area (Å²) in [6.07, 6.45) is 1.04. The van der Waals surface area contributed by atoms with Gasteiger partial charge in [0.05, 0.1) is 13.7 Å². The van der Waals surface area contributed by atoms with E-state index in [0.717, 1.165) is 36.1 Å². The van der Waals surface area contributed by atoms with E-state index in [2.05, 4.69) is 58.4 Å². The van der Waals surface area contributed by atoms with Crippen LogP contribution in [-0.2, 0) is 6.54 Å². The maximum atomic E-state index is 5.73. The van der Waals surface area contributed by atoms with Crippen molar-refractivity contribution in [2.24, 2.45) is 0 Å². The van der Waals surface area contributed by atoms with Crippen molar-refractivity contribution in [2.75, 3.05) is 58.2 Å². The molecule has 0 radical (unpaired) electrons. The number of nitrogens with zero attached hydrogens (tertiary/aromatic N) is 3. The van der Waals surface area contributed by atoms with Gasteiger partial charge in [-0.1, -0.05) is 12.1 Å². The van der Waals surface area contributed by atoms with E-state index in [0.29, 0.717) is 6.54 Å². The molecule has 1 N–H and O–H groups in total. The molecule has 0 aliphatic heterocycles. The SMILES string of the molecule is COc1ccc(N(Cc2ccc(N(C)C)cc2)C(=S)NCCCN(C)C)cc1. The number of benzene rings is 2. The number of methoxy groups -OCH3 is 1. The van der Waals surface area contributed by atoms with Crippen LogP contribution in [-0.4, -0.2) is 58.4 Å². The lowest BCUT2D eigenvalue weighted by Crippen LogP contribution is -2.40. The molecule has 0 unspecified atom stereocenters. The van der Waals surface area contributed by atoms with Gasteiger partial charge in [0.1, 0.15) is 5.75 Å². The quantitative estimate of drug-likeness (QED) is 0.511. The van der Waals surface area contributed by atoms with Crippen molar-refractivity contribution in [3.8, 4) is 5.75 Å². The molecule has 0 aliphatic rings. The largest absolute Gasteiger partial charge is 0.497 e. The zero-order chi connectivity index (χ0) is 20.5. The van der Waals surface area contributed by atoms with E-state index < -0.39 is 0 Å². The molecule has 0 amide bonds. The minimum Gasteiger partial charge on any atom is -0.497 e. The molecular weight excluding hydrogens is 368 g/mol. The van der Waals surface area contributed by atoms with Gasteiger partial charge in [0.15, 0.2) is 5.11 Å². The summed E-state index contributed by atoms with van der Waals surface area (Å²) >= 11 is 5.73. The maximum Gasteiger partial charge on any atom is 0.173 e. The van der Waals surface area contributed by atoms with Crippen molar-refractivity contribution in [3.05, 3.63) is 54.1 Å². The molecule has 152 valence electrons. The van der Waals surface area contributed by atoms with Gasteiger partial charge in [0.2, 0.25) is 0 Å². The summed E-state index contributed by atoms with van der Waals surface area (Å²) in [5.41, 5.74) is 3.44. The fraction of sp³-hybridized carbons (Fsp3) is 0.409. The molecular formula is C22H32N4OS. The first kappa shape index (κ1) is 22.0. The lowest BCUT2D eigenvalue weighted by molar-refractivity contribution is 0.400. The Morgan fingerprint density at radius 1 is 0.929 bits per heavy atom. The van der Waals surface area contributed by atoms with E-state index in [-0.39, 0.29) is 0 Å². The number of anilines is 2. The Morgan fingerprint density at radius 3 is 2.07 bits per heavy atom. The first-order valence-electron chi connectivity index (χ1n) is 9.51. The molecule has 0 spiro atoms. The maximum absolute atomic E-state index is 5.73. The molecule has 0 saturated heterocycles. The monoisotopic (exact) mass is 400 g/mol. The Morgan fingerprint density at radius 2 is 1.54 bits per heavy atom. The van der Waals surface area contributed by atoms with E-state index in [1.807, 2.05) is 38.4 Å². The summed E-state index contributed by atoms with van der Waals surface area (Å²) in [5, 5.41) is 4.14. The average Bonchev–Trinajstić information content (AvgIpc) is 2.69. The van der Waals surface area contributed by atoms with Crippen LogP contribution in [0.4, 0.5) is 11.4 Å².